The van der Waals surface area contributed by atoms with Crippen LogP contribution in [0.4, 0.5) is 0 Å². The molecular formula is C12H8N4O2S. The summed E-state index contributed by atoms with van der Waals surface area (Å²) in [6, 6.07) is 8.68. The number of fused-ring (bicyclic) bond motifs is 1. The van der Waals surface area contributed by atoms with E-state index >= 15 is 0 Å². The summed E-state index contributed by atoms with van der Waals surface area (Å²) in [5.41, 5.74) is -0.190. The molecule has 0 aliphatic heterocycles. The number of hydrogen-bond donors (Lipinski definition) is 2. The Morgan fingerprint density at radius 2 is 1.84 bits per heavy atom. The van der Waals surface area contributed by atoms with Gasteiger partial charge in [0.1, 0.15) is 5.65 Å². The Kier molecular flexibility index (Phi) is 2.60. The Morgan fingerprint density at radius 3 is 2.58 bits per heavy atom. The molecule has 2 heterocycles. The fourth-order valence-corrected chi connectivity index (χ4v) is 2.00. The lowest BCUT2D eigenvalue weighted by atomic mass is 10.3. The second-order valence-electron chi connectivity index (χ2n) is 3.88. The minimum absolute atomic E-state index is 0.208. The van der Waals surface area contributed by atoms with Crippen molar-refractivity contribution in [1.82, 2.24) is 19.5 Å². The quantitative estimate of drug-likeness (QED) is 0.650. The topological polar surface area (TPSA) is 83.5 Å². The first-order chi connectivity index (χ1) is 9.16. The van der Waals surface area contributed by atoms with Gasteiger partial charge in [-0.25, -0.2) is 14.3 Å². The summed E-state index contributed by atoms with van der Waals surface area (Å²) in [6.45, 7) is 0. The molecule has 0 aliphatic rings. The van der Waals surface area contributed by atoms with E-state index < -0.39 is 11.2 Å². The normalized spacial score (nSPS) is 10.7. The van der Waals surface area contributed by atoms with Crippen LogP contribution in [-0.2, 0) is 0 Å². The largest absolute Gasteiger partial charge is 0.334 e. The summed E-state index contributed by atoms with van der Waals surface area (Å²) in [7, 11) is 0. The van der Waals surface area contributed by atoms with E-state index in [-0.39, 0.29) is 15.8 Å². The van der Waals surface area contributed by atoms with Gasteiger partial charge in [-0.05, 0) is 24.4 Å². The Hall–Kier alpha value is -2.54. The van der Waals surface area contributed by atoms with E-state index in [1.54, 1.807) is 24.3 Å². The number of nitrogens with zero attached hydrogens (tertiary/aromatic N) is 2. The second-order valence-corrected chi connectivity index (χ2v) is 4.27. The molecule has 3 aromatic rings. The first kappa shape index (κ1) is 11.5. The van der Waals surface area contributed by atoms with Crippen molar-refractivity contribution in [2.45, 2.75) is 0 Å². The molecule has 2 N–H and O–H groups in total. The lowest BCUT2D eigenvalue weighted by molar-refractivity contribution is 0.891. The fourth-order valence-electron chi connectivity index (χ4n) is 1.84. The zero-order valence-corrected chi connectivity index (χ0v) is 10.4. The molecule has 2 aromatic heterocycles. The molecule has 1 aromatic carbocycles. The highest BCUT2D eigenvalue weighted by Crippen LogP contribution is 2.03. The van der Waals surface area contributed by atoms with Crippen molar-refractivity contribution < 1.29 is 0 Å². The molecular weight excluding hydrogens is 264 g/mol. The molecule has 0 spiro atoms. The van der Waals surface area contributed by atoms with Crippen LogP contribution in [0.25, 0.3) is 16.7 Å². The first-order valence-electron chi connectivity index (χ1n) is 5.46. The second kappa shape index (κ2) is 4.29. The zero-order chi connectivity index (χ0) is 13.4. The van der Waals surface area contributed by atoms with E-state index in [0.29, 0.717) is 5.69 Å². The molecule has 0 fully saturated rings. The van der Waals surface area contributed by atoms with Crippen LogP contribution in [0, 0.1) is 4.77 Å². The number of benzene rings is 1. The zero-order valence-electron chi connectivity index (χ0n) is 9.58. The van der Waals surface area contributed by atoms with Crippen LogP contribution in [0.1, 0.15) is 0 Å². The van der Waals surface area contributed by atoms with Crippen LogP contribution in [0.3, 0.4) is 0 Å². The van der Waals surface area contributed by atoms with Crippen LogP contribution in [0.15, 0.2) is 46.1 Å². The number of para-hydroxylation sites is 1. The van der Waals surface area contributed by atoms with Crippen LogP contribution < -0.4 is 11.2 Å². The lowest BCUT2D eigenvalue weighted by Gasteiger charge is -2.05. The van der Waals surface area contributed by atoms with Gasteiger partial charge in [-0.15, -0.1) is 0 Å². The lowest BCUT2D eigenvalue weighted by Crippen LogP contribution is -2.33. The number of rotatable bonds is 1. The molecule has 0 saturated carbocycles. The fraction of sp³-hybridized carbons (Fsp3) is 0. The van der Waals surface area contributed by atoms with Crippen LogP contribution in [-0.4, -0.2) is 19.5 Å². The standard InChI is InChI=1S/C12H8N4O2S/c17-10-8-6-13-11(19)14-9(8)15-12(18)16(10)7-4-2-1-3-5-7/h1-6H,(H2,13,14,15,18,19). The summed E-state index contributed by atoms with van der Waals surface area (Å²) >= 11 is 4.85. The first-order valence-corrected chi connectivity index (χ1v) is 5.87. The van der Waals surface area contributed by atoms with E-state index in [0.717, 1.165) is 4.57 Å². The van der Waals surface area contributed by atoms with Crippen molar-refractivity contribution in [1.29, 1.82) is 0 Å². The summed E-state index contributed by atoms with van der Waals surface area (Å²) in [6.07, 6.45) is 1.35. The van der Waals surface area contributed by atoms with Gasteiger partial charge in [0.05, 0.1) is 11.1 Å². The molecule has 0 radical (unpaired) electrons. The van der Waals surface area contributed by atoms with Crippen molar-refractivity contribution in [2.75, 3.05) is 0 Å². The average Bonchev–Trinajstić information content (AvgIpc) is 2.39. The van der Waals surface area contributed by atoms with Crippen molar-refractivity contribution in [3.05, 3.63) is 62.1 Å². The maximum absolute atomic E-state index is 12.3. The molecule has 19 heavy (non-hydrogen) atoms. The molecule has 0 amide bonds. The maximum atomic E-state index is 12.3. The van der Waals surface area contributed by atoms with Crippen molar-refractivity contribution in [2.24, 2.45) is 0 Å². The third kappa shape index (κ3) is 1.89. The summed E-state index contributed by atoms with van der Waals surface area (Å²) in [4.78, 5) is 33.4. The summed E-state index contributed by atoms with van der Waals surface area (Å²) < 4.78 is 1.26. The monoisotopic (exact) mass is 272 g/mol. The third-order valence-electron chi connectivity index (χ3n) is 2.70. The minimum atomic E-state index is -0.527. The Bertz CT molecular complexity index is 924. The SMILES string of the molecule is O=c1[nH]c2[nH]c(=S)ncc2c(=O)n1-c1ccccc1. The van der Waals surface area contributed by atoms with E-state index in [1.165, 1.54) is 6.20 Å². The number of aromatic amines is 2. The molecule has 0 unspecified atom stereocenters. The molecule has 0 saturated heterocycles. The van der Waals surface area contributed by atoms with Crippen molar-refractivity contribution in [3.63, 3.8) is 0 Å². The molecule has 0 bridgehead atoms. The van der Waals surface area contributed by atoms with Gasteiger partial charge in [0, 0.05) is 6.20 Å². The third-order valence-corrected chi connectivity index (χ3v) is 2.90. The Morgan fingerprint density at radius 1 is 1.11 bits per heavy atom. The van der Waals surface area contributed by atoms with Crippen LogP contribution in [0.5, 0.6) is 0 Å². The highest BCUT2D eigenvalue weighted by atomic mass is 32.1. The minimum Gasteiger partial charge on any atom is -0.316 e. The van der Waals surface area contributed by atoms with E-state index in [4.69, 9.17) is 12.2 Å². The average molecular weight is 272 g/mol. The predicted octanol–water partition coefficient (Wildman–Crippen LogP) is 1.13. The highest BCUT2D eigenvalue weighted by molar-refractivity contribution is 7.71. The number of nitrogens with one attached hydrogen (secondary N) is 2. The van der Waals surface area contributed by atoms with Crippen molar-refractivity contribution in [3.8, 4) is 5.69 Å². The number of hydrogen-bond acceptors (Lipinski definition) is 4. The van der Waals surface area contributed by atoms with Gasteiger partial charge in [-0.2, -0.15) is 0 Å². The molecule has 94 valence electrons. The van der Waals surface area contributed by atoms with Gasteiger partial charge in [0.15, 0.2) is 4.77 Å². The highest BCUT2D eigenvalue weighted by Gasteiger charge is 2.09. The van der Waals surface area contributed by atoms with Crippen LogP contribution in [0.2, 0.25) is 0 Å². The predicted molar refractivity (Wildman–Crippen MR) is 73.1 cm³/mol. The maximum Gasteiger partial charge on any atom is 0.334 e. The van der Waals surface area contributed by atoms with Gasteiger partial charge in [-0.1, -0.05) is 18.2 Å². The number of H-pyrrole nitrogens is 2. The van der Waals surface area contributed by atoms with Crippen molar-refractivity contribution >= 4 is 23.3 Å². The molecule has 3 rings (SSSR count). The van der Waals surface area contributed by atoms with E-state index in [9.17, 15) is 9.59 Å². The van der Waals surface area contributed by atoms with Gasteiger partial charge in [-0.3, -0.25) is 9.78 Å². The van der Waals surface area contributed by atoms with Gasteiger partial charge in [0.2, 0.25) is 0 Å². The van der Waals surface area contributed by atoms with Gasteiger partial charge in [0.25, 0.3) is 5.56 Å². The van der Waals surface area contributed by atoms with Gasteiger partial charge < -0.3 is 4.98 Å². The summed E-state index contributed by atoms with van der Waals surface area (Å²) in [5, 5.41) is 0.275. The molecule has 0 atom stereocenters. The summed E-state index contributed by atoms with van der Waals surface area (Å²) in [5.74, 6) is 0. The molecule has 6 nitrogen and oxygen atoms in total. The van der Waals surface area contributed by atoms with E-state index in [2.05, 4.69) is 15.0 Å². The Labute approximate surface area is 111 Å². The Balaban J connectivity index is 2.46. The molecule has 0 aliphatic carbocycles. The number of aromatic nitrogens is 4. The van der Waals surface area contributed by atoms with E-state index in [1.807, 2.05) is 6.07 Å². The van der Waals surface area contributed by atoms with Gasteiger partial charge >= 0.3 is 5.69 Å². The smallest absolute Gasteiger partial charge is 0.316 e. The molecule has 7 heteroatoms. The van der Waals surface area contributed by atoms with Crippen LogP contribution >= 0.6 is 12.2 Å².